The van der Waals surface area contributed by atoms with Crippen LogP contribution in [0, 0.1) is 0 Å². The molecule has 30 heavy (non-hydrogen) atoms. The van der Waals surface area contributed by atoms with Crippen molar-refractivity contribution in [1.82, 2.24) is 4.98 Å². The molecule has 6 nitrogen and oxygen atoms in total. The second-order valence-electron chi connectivity index (χ2n) is 6.43. The number of amides is 1. The molecule has 0 fully saturated rings. The highest BCUT2D eigenvalue weighted by atomic mass is 35.5. The van der Waals surface area contributed by atoms with Gasteiger partial charge in [0, 0.05) is 15.3 Å². The number of ether oxygens (including phenoxy) is 2. The molecule has 0 radical (unpaired) electrons. The lowest BCUT2D eigenvalue weighted by Gasteiger charge is -2.23. The smallest absolute Gasteiger partial charge is 0.307 e. The van der Waals surface area contributed by atoms with Crippen molar-refractivity contribution < 1.29 is 19.1 Å². The number of carbonyl (C=O) groups excluding carboxylic acids is 2. The van der Waals surface area contributed by atoms with Crippen LogP contribution in [0.5, 0.6) is 5.75 Å². The van der Waals surface area contributed by atoms with E-state index in [1.807, 2.05) is 29.6 Å². The summed E-state index contributed by atoms with van der Waals surface area (Å²) in [6.45, 7) is 0.379. The molecule has 2 heterocycles. The third-order valence-electron chi connectivity index (χ3n) is 4.21. The van der Waals surface area contributed by atoms with E-state index in [9.17, 15) is 9.59 Å². The Bertz CT molecular complexity index is 1060. The molecule has 0 aliphatic carbocycles. The number of fused-ring (bicyclic) bond motifs is 1. The van der Waals surface area contributed by atoms with Gasteiger partial charge in [-0.3, -0.25) is 9.59 Å². The SMILES string of the molecule is O=C(CC1Sc2ccccc2NC1=O)OCc1csc(COc2ccc(Cl)cc2)n1. The number of thiazole rings is 1. The van der Waals surface area contributed by atoms with Crippen LogP contribution in [0.1, 0.15) is 17.1 Å². The van der Waals surface area contributed by atoms with Crippen LogP contribution in [0.4, 0.5) is 5.69 Å². The predicted molar refractivity (Wildman–Crippen MR) is 117 cm³/mol. The van der Waals surface area contributed by atoms with Gasteiger partial charge in [-0.1, -0.05) is 23.7 Å². The molecule has 1 aromatic heterocycles. The molecular formula is C21H17ClN2O4S2. The first-order valence-corrected chi connectivity index (χ1v) is 11.2. The number of nitrogens with one attached hydrogen (secondary N) is 1. The van der Waals surface area contributed by atoms with Crippen LogP contribution in [0.3, 0.4) is 0 Å². The molecule has 1 aliphatic heterocycles. The van der Waals surface area contributed by atoms with Crippen molar-refractivity contribution in [1.29, 1.82) is 0 Å². The maximum Gasteiger partial charge on any atom is 0.307 e. The number of benzene rings is 2. The number of carbonyl (C=O) groups is 2. The lowest BCUT2D eigenvalue weighted by atomic mass is 10.2. The zero-order valence-electron chi connectivity index (χ0n) is 15.7. The monoisotopic (exact) mass is 460 g/mol. The van der Waals surface area contributed by atoms with Gasteiger partial charge in [-0.25, -0.2) is 4.98 Å². The summed E-state index contributed by atoms with van der Waals surface area (Å²) >= 11 is 8.66. The van der Waals surface area contributed by atoms with E-state index < -0.39 is 11.2 Å². The second kappa shape index (κ2) is 9.51. The van der Waals surface area contributed by atoms with Gasteiger partial charge in [-0.05, 0) is 36.4 Å². The van der Waals surface area contributed by atoms with Crippen molar-refractivity contribution in [3.05, 3.63) is 69.6 Å². The number of thioether (sulfide) groups is 1. The Labute approximate surface area is 186 Å². The zero-order chi connectivity index (χ0) is 20.9. The van der Waals surface area contributed by atoms with Crippen molar-refractivity contribution in [3.8, 4) is 5.75 Å². The van der Waals surface area contributed by atoms with Crippen LogP contribution < -0.4 is 10.1 Å². The highest BCUT2D eigenvalue weighted by Crippen LogP contribution is 2.36. The molecule has 0 saturated heterocycles. The molecule has 1 atom stereocenters. The van der Waals surface area contributed by atoms with Gasteiger partial charge < -0.3 is 14.8 Å². The Kier molecular flexibility index (Phi) is 6.56. The van der Waals surface area contributed by atoms with E-state index in [0.717, 1.165) is 15.6 Å². The van der Waals surface area contributed by atoms with Crippen LogP contribution in [-0.2, 0) is 27.5 Å². The van der Waals surface area contributed by atoms with Crippen molar-refractivity contribution in [3.63, 3.8) is 0 Å². The van der Waals surface area contributed by atoms with Crippen molar-refractivity contribution >= 4 is 52.3 Å². The molecule has 1 unspecified atom stereocenters. The molecule has 0 saturated carbocycles. The van der Waals surface area contributed by atoms with E-state index in [-0.39, 0.29) is 18.9 Å². The fourth-order valence-electron chi connectivity index (χ4n) is 2.75. The van der Waals surface area contributed by atoms with Crippen LogP contribution in [0.2, 0.25) is 5.02 Å². The third kappa shape index (κ3) is 5.33. The fraction of sp³-hybridized carbons (Fsp3) is 0.190. The van der Waals surface area contributed by atoms with E-state index in [2.05, 4.69) is 10.3 Å². The number of hydrogen-bond acceptors (Lipinski definition) is 7. The number of rotatable bonds is 7. The van der Waals surface area contributed by atoms with E-state index in [0.29, 0.717) is 23.1 Å². The summed E-state index contributed by atoms with van der Waals surface area (Å²) in [5.41, 5.74) is 1.42. The molecule has 0 bridgehead atoms. The average molecular weight is 461 g/mol. The summed E-state index contributed by atoms with van der Waals surface area (Å²) < 4.78 is 11.0. The second-order valence-corrected chi connectivity index (χ2v) is 9.06. The Morgan fingerprint density at radius 2 is 1.93 bits per heavy atom. The first kappa shape index (κ1) is 20.7. The Balaban J connectivity index is 1.24. The van der Waals surface area contributed by atoms with Crippen molar-refractivity contribution in [2.24, 2.45) is 0 Å². The lowest BCUT2D eigenvalue weighted by Crippen LogP contribution is -2.31. The molecule has 2 aromatic carbocycles. The van der Waals surface area contributed by atoms with Crippen LogP contribution in [0.15, 0.2) is 58.8 Å². The van der Waals surface area contributed by atoms with E-state index >= 15 is 0 Å². The van der Waals surface area contributed by atoms with Gasteiger partial charge in [0.25, 0.3) is 0 Å². The minimum absolute atomic E-state index is 0.00149. The molecule has 154 valence electrons. The molecule has 4 rings (SSSR count). The molecule has 0 spiro atoms. The minimum atomic E-state index is -0.508. The first-order chi connectivity index (χ1) is 14.6. The molecule has 1 aliphatic rings. The van der Waals surface area contributed by atoms with E-state index in [1.54, 1.807) is 24.3 Å². The maximum atomic E-state index is 12.2. The predicted octanol–water partition coefficient (Wildman–Crippen LogP) is 4.92. The van der Waals surface area contributed by atoms with Crippen LogP contribution in [-0.4, -0.2) is 22.1 Å². The normalized spacial score (nSPS) is 15.2. The van der Waals surface area contributed by atoms with E-state index in [1.165, 1.54) is 23.1 Å². The largest absolute Gasteiger partial charge is 0.486 e. The van der Waals surface area contributed by atoms with E-state index in [4.69, 9.17) is 21.1 Å². The maximum absolute atomic E-state index is 12.2. The van der Waals surface area contributed by atoms with Gasteiger partial charge in [-0.2, -0.15) is 0 Å². The highest BCUT2D eigenvalue weighted by molar-refractivity contribution is 8.01. The van der Waals surface area contributed by atoms with Gasteiger partial charge in [-0.15, -0.1) is 23.1 Å². The lowest BCUT2D eigenvalue weighted by molar-refractivity contribution is -0.145. The highest BCUT2D eigenvalue weighted by Gasteiger charge is 2.29. The first-order valence-electron chi connectivity index (χ1n) is 9.10. The summed E-state index contributed by atoms with van der Waals surface area (Å²) in [6.07, 6.45) is 0.00149. The van der Waals surface area contributed by atoms with Crippen LogP contribution in [0.25, 0.3) is 0 Å². The van der Waals surface area contributed by atoms with Gasteiger partial charge in [0.1, 0.15) is 24.0 Å². The number of nitrogens with zero attached hydrogens (tertiary/aromatic N) is 1. The molecule has 3 aromatic rings. The Morgan fingerprint density at radius 1 is 1.13 bits per heavy atom. The van der Waals surface area contributed by atoms with Gasteiger partial charge in [0.2, 0.25) is 5.91 Å². The Morgan fingerprint density at radius 3 is 2.77 bits per heavy atom. The van der Waals surface area contributed by atoms with Crippen molar-refractivity contribution in [2.45, 2.75) is 29.8 Å². The summed E-state index contributed by atoms with van der Waals surface area (Å²) in [7, 11) is 0. The van der Waals surface area contributed by atoms with Crippen molar-refractivity contribution in [2.75, 3.05) is 5.32 Å². The molecular weight excluding hydrogens is 444 g/mol. The van der Waals surface area contributed by atoms with Crippen LogP contribution >= 0.6 is 34.7 Å². The van der Waals surface area contributed by atoms with Gasteiger partial charge in [0.05, 0.1) is 23.1 Å². The number of para-hydroxylation sites is 1. The zero-order valence-corrected chi connectivity index (χ0v) is 18.1. The number of anilines is 1. The molecule has 9 heteroatoms. The number of esters is 1. The topological polar surface area (TPSA) is 77.5 Å². The number of hydrogen-bond donors (Lipinski definition) is 1. The quantitative estimate of drug-likeness (QED) is 0.504. The summed E-state index contributed by atoms with van der Waals surface area (Å²) in [6, 6.07) is 14.6. The summed E-state index contributed by atoms with van der Waals surface area (Å²) in [5, 5.41) is 5.56. The van der Waals surface area contributed by atoms with Gasteiger partial charge >= 0.3 is 5.97 Å². The number of halogens is 1. The standard InChI is InChI=1S/C21H17ClN2O4S2/c22-13-5-7-15(8-6-13)27-11-19-23-14(12-29-19)10-28-20(25)9-18-21(26)24-16-3-1-2-4-17(16)30-18/h1-8,12,18H,9-11H2,(H,24,26). The Hall–Kier alpha value is -2.55. The molecule has 1 N–H and O–H groups in total. The number of aromatic nitrogens is 1. The summed E-state index contributed by atoms with van der Waals surface area (Å²) in [4.78, 5) is 29.8. The fourth-order valence-corrected chi connectivity index (χ4v) is 4.66. The van der Waals surface area contributed by atoms with Gasteiger partial charge in [0.15, 0.2) is 0 Å². The molecule has 1 amide bonds. The average Bonchev–Trinajstić information content (AvgIpc) is 3.20. The summed E-state index contributed by atoms with van der Waals surface area (Å²) in [5.74, 6) is 0.0762. The third-order valence-corrected chi connectivity index (χ3v) is 6.61. The minimum Gasteiger partial charge on any atom is -0.486 e.